The lowest BCUT2D eigenvalue weighted by atomic mass is 10.0. The Morgan fingerprint density at radius 3 is 0.889 bits per heavy atom. The first-order valence-corrected chi connectivity index (χ1v) is 5.81. The summed E-state index contributed by atoms with van der Waals surface area (Å²) < 4.78 is 0. The van der Waals surface area contributed by atoms with E-state index in [-0.39, 0.29) is 0 Å². The summed E-state index contributed by atoms with van der Waals surface area (Å²) in [6.45, 7) is 12.0. The van der Waals surface area contributed by atoms with Gasteiger partial charge in [0.15, 0.2) is 0 Å². The predicted octanol–water partition coefficient (Wildman–Crippen LogP) is 5.60. The van der Waals surface area contributed by atoms with Crippen LogP contribution in [0.25, 0.3) is 21.5 Å². The van der Waals surface area contributed by atoms with E-state index in [9.17, 15) is 0 Å². The lowest BCUT2D eigenvalue weighted by Crippen LogP contribution is -1.74. The molecule has 0 radical (unpaired) electrons. The molecule has 0 aliphatic carbocycles. The zero-order valence-electron chi connectivity index (χ0n) is 10.6. The molecule has 0 nitrogen and oxygen atoms in total. The molecule has 0 aliphatic heterocycles. The molecule has 0 atom stereocenters. The van der Waals surface area contributed by atoms with Crippen molar-refractivity contribution < 1.29 is 0 Å². The van der Waals surface area contributed by atoms with Crippen LogP contribution in [-0.4, -0.2) is 0 Å². The Balaban J connectivity index is 0.000000371. The van der Waals surface area contributed by atoms with Gasteiger partial charge >= 0.3 is 0 Å². The second kappa shape index (κ2) is 7.08. The van der Waals surface area contributed by atoms with E-state index in [2.05, 4.69) is 87.0 Å². The molecule has 0 saturated heterocycles. The minimum atomic E-state index is 1.31. The van der Waals surface area contributed by atoms with Crippen LogP contribution >= 0.6 is 0 Å². The van der Waals surface area contributed by atoms with Crippen LogP contribution in [0.3, 0.4) is 0 Å². The largest absolute Gasteiger partial charge is 0.106 e. The maximum Gasteiger partial charge on any atom is -0.0178 e. The molecule has 0 fully saturated rings. The molecule has 3 aromatic rings. The van der Waals surface area contributed by atoms with Crippen LogP contribution in [0.15, 0.2) is 87.0 Å². The lowest BCUT2D eigenvalue weighted by Gasteiger charge is -2.00. The summed E-state index contributed by atoms with van der Waals surface area (Å²) in [5.41, 5.74) is 0. The van der Waals surface area contributed by atoms with Crippen molar-refractivity contribution >= 4 is 21.5 Å². The second-order valence-corrected chi connectivity index (χ2v) is 3.55. The van der Waals surface area contributed by atoms with Gasteiger partial charge in [-0.3, -0.25) is 0 Å². The molecule has 0 saturated carbocycles. The summed E-state index contributed by atoms with van der Waals surface area (Å²) in [6.07, 6.45) is 0. The fourth-order valence-electron chi connectivity index (χ4n) is 1.88. The van der Waals surface area contributed by atoms with Crippen molar-refractivity contribution in [2.24, 2.45) is 0 Å². The smallest absolute Gasteiger partial charge is 0.0178 e. The third-order valence-electron chi connectivity index (χ3n) is 2.61. The van der Waals surface area contributed by atoms with E-state index in [0.717, 1.165) is 0 Å². The molecule has 3 rings (SSSR count). The summed E-state index contributed by atoms with van der Waals surface area (Å²) >= 11 is 0. The zero-order chi connectivity index (χ0) is 13.4. The van der Waals surface area contributed by atoms with Gasteiger partial charge in [-0.1, -0.05) is 48.5 Å². The first-order chi connectivity index (χ1) is 8.93. The van der Waals surface area contributed by atoms with Crippen LogP contribution in [0.5, 0.6) is 0 Å². The first kappa shape index (κ1) is 13.7. The molecular weight excluding hydrogens is 216 g/mol. The highest BCUT2D eigenvalue weighted by molar-refractivity contribution is 5.98. The summed E-state index contributed by atoms with van der Waals surface area (Å²) in [5, 5.41) is 5.25. The highest BCUT2D eigenvalue weighted by Gasteiger charge is 1.95. The quantitative estimate of drug-likeness (QED) is 0.351. The molecular formula is C18H18. The Kier molecular flexibility index (Phi) is 5.40. The van der Waals surface area contributed by atoms with Gasteiger partial charge in [-0.25, -0.2) is 0 Å². The average Bonchev–Trinajstić information content (AvgIpc) is 2.49. The van der Waals surface area contributed by atoms with E-state index < -0.39 is 0 Å². The second-order valence-electron chi connectivity index (χ2n) is 3.55. The molecule has 0 bridgehead atoms. The standard InChI is InChI=1S/C14H10.2C2H4/c1-2-6-12-10-14-8-4-3-7-13(14)9-11(12)5-1;2*1-2/h1-10H;2*1-2H2. The average molecular weight is 234 g/mol. The molecule has 0 amide bonds. The molecule has 18 heavy (non-hydrogen) atoms. The van der Waals surface area contributed by atoms with E-state index in [4.69, 9.17) is 0 Å². The molecule has 0 heteroatoms. The van der Waals surface area contributed by atoms with E-state index in [0.29, 0.717) is 0 Å². The maximum atomic E-state index is 3.00. The van der Waals surface area contributed by atoms with Crippen molar-refractivity contribution in [3.8, 4) is 0 Å². The fraction of sp³-hybridized carbons (Fsp3) is 0. The number of benzene rings is 3. The maximum absolute atomic E-state index is 3.00. The zero-order valence-corrected chi connectivity index (χ0v) is 10.6. The van der Waals surface area contributed by atoms with Gasteiger partial charge in [0, 0.05) is 0 Å². The van der Waals surface area contributed by atoms with Crippen molar-refractivity contribution in [2.75, 3.05) is 0 Å². The van der Waals surface area contributed by atoms with Crippen LogP contribution in [0, 0.1) is 0 Å². The molecule has 3 aromatic carbocycles. The van der Waals surface area contributed by atoms with Crippen molar-refractivity contribution in [2.45, 2.75) is 0 Å². The minimum Gasteiger partial charge on any atom is -0.106 e. The van der Waals surface area contributed by atoms with Crippen LogP contribution < -0.4 is 0 Å². The highest BCUT2D eigenvalue weighted by Crippen LogP contribution is 2.21. The van der Waals surface area contributed by atoms with Crippen molar-refractivity contribution in [1.29, 1.82) is 0 Å². The Labute approximate surface area is 109 Å². The molecule has 0 spiro atoms. The summed E-state index contributed by atoms with van der Waals surface area (Å²) in [4.78, 5) is 0. The van der Waals surface area contributed by atoms with Gasteiger partial charge in [-0.05, 0) is 33.7 Å². The number of hydrogen-bond acceptors (Lipinski definition) is 0. The summed E-state index contributed by atoms with van der Waals surface area (Å²) in [6, 6.07) is 21.4. The monoisotopic (exact) mass is 234 g/mol. The Bertz CT molecular complexity index is 516. The van der Waals surface area contributed by atoms with Gasteiger partial charge in [0.05, 0.1) is 0 Å². The van der Waals surface area contributed by atoms with Gasteiger partial charge in [-0.15, -0.1) is 26.3 Å². The number of hydrogen-bond donors (Lipinski definition) is 0. The Morgan fingerprint density at radius 1 is 0.444 bits per heavy atom. The van der Waals surface area contributed by atoms with Gasteiger partial charge < -0.3 is 0 Å². The van der Waals surface area contributed by atoms with Gasteiger partial charge in [0.25, 0.3) is 0 Å². The first-order valence-electron chi connectivity index (χ1n) is 5.81. The topological polar surface area (TPSA) is 0 Å². The molecule has 0 aromatic heterocycles. The van der Waals surface area contributed by atoms with Crippen LogP contribution in [0.4, 0.5) is 0 Å². The molecule has 0 unspecified atom stereocenters. The molecule has 0 aliphatic rings. The molecule has 0 N–H and O–H groups in total. The van der Waals surface area contributed by atoms with E-state index in [1.165, 1.54) is 21.5 Å². The number of rotatable bonds is 0. The van der Waals surface area contributed by atoms with Gasteiger partial charge in [0.1, 0.15) is 0 Å². The van der Waals surface area contributed by atoms with Crippen molar-refractivity contribution in [1.82, 2.24) is 0 Å². The lowest BCUT2D eigenvalue weighted by molar-refractivity contribution is 1.76. The normalized spacial score (nSPS) is 8.89. The third kappa shape index (κ3) is 2.86. The highest BCUT2D eigenvalue weighted by atomic mass is 14.0. The van der Waals surface area contributed by atoms with Crippen molar-refractivity contribution in [3.63, 3.8) is 0 Å². The van der Waals surface area contributed by atoms with Crippen LogP contribution in [0.1, 0.15) is 0 Å². The third-order valence-corrected chi connectivity index (χ3v) is 2.61. The predicted molar refractivity (Wildman–Crippen MR) is 84.0 cm³/mol. The Hall–Kier alpha value is -2.34. The SMILES string of the molecule is C=C.C=C.c1ccc2cc3ccccc3cc2c1. The van der Waals surface area contributed by atoms with Crippen LogP contribution in [-0.2, 0) is 0 Å². The van der Waals surface area contributed by atoms with Crippen molar-refractivity contribution in [3.05, 3.63) is 87.0 Å². The number of fused-ring (bicyclic) bond motifs is 2. The summed E-state index contributed by atoms with van der Waals surface area (Å²) in [5.74, 6) is 0. The minimum absolute atomic E-state index is 1.31. The van der Waals surface area contributed by atoms with Gasteiger partial charge in [-0.2, -0.15) is 0 Å². The summed E-state index contributed by atoms with van der Waals surface area (Å²) in [7, 11) is 0. The van der Waals surface area contributed by atoms with Crippen LogP contribution in [0.2, 0.25) is 0 Å². The Morgan fingerprint density at radius 2 is 0.667 bits per heavy atom. The fourth-order valence-corrected chi connectivity index (χ4v) is 1.88. The molecule has 0 heterocycles. The van der Waals surface area contributed by atoms with E-state index in [1.54, 1.807) is 0 Å². The van der Waals surface area contributed by atoms with Gasteiger partial charge in [0.2, 0.25) is 0 Å². The molecule has 90 valence electrons. The van der Waals surface area contributed by atoms with E-state index in [1.807, 2.05) is 0 Å². The van der Waals surface area contributed by atoms with E-state index >= 15 is 0 Å².